The third-order valence-corrected chi connectivity index (χ3v) is 4.63. The van der Waals surface area contributed by atoms with Crippen molar-refractivity contribution in [2.45, 2.75) is 19.8 Å². The highest BCUT2D eigenvalue weighted by molar-refractivity contribution is 6.21. The first-order chi connectivity index (χ1) is 11.1. The van der Waals surface area contributed by atoms with Crippen molar-refractivity contribution in [1.82, 2.24) is 0 Å². The highest BCUT2D eigenvalue weighted by atomic mass is 16.3. The van der Waals surface area contributed by atoms with E-state index in [1.807, 2.05) is 24.3 Å². The Morgan fingerprint density at radius 1 is 0.652 bits per heavy atom. The molecule has 0 saturated carbocycles. The van der Waals surface area contributed by atoms with Crippen LogP contribution in [0.4, 0.5) is 0 Å². The summed E-state index contributed by atoms with van der Waals surface area (Å²) in [6, 6.07) is 17.5. The molecule has 2 N–H and O–H groups in total. The van der Waals surface area contributed by atoms with Gasteiger partial charge in [-0.2, -0.15) is 0 Å². The van der Waals surface area contributed by atoms with E-state index in [2.05, 4.69) is 32.0 Å². The molecule has 0 radical (unpaired) electrons. The molecule has 0 fully saturated rings. The van der Waals surface area contributed by atoms with E-state index in [1.54, 1.807) is 12.1 Å². The number of rotatable bonds is 1. The summed E-state index contributed by atoms with van der Waals surface area (Å²) in [5, 5.41) is 26.4. The molecule has 0 aliphatic heterocycles. The minimum Gasteiger partial charge on any atom is -0.507 e. The van der Waals surface area contributed by atoms with E-state index < -0.39 is 0 Å². The lowest BCUT2D eigenvalue weighted by Gasteiger charge is -2.14. The van der Waals surface area contributed by atoms with Crippen LogP contribution in [0.25, 0.3) is 32.3 Å². The lowest BCUT2D eigenvalue weighted by molar-refractivity contribution is 0.476. The van der Waals surface area contributed by atoms with Crippen LogP contribution in [0, 0.1) is 0 Å². The maximum atomic E-state index is 10.6. The molecular formula is C21H18O2. The van der Waals surface area contributed by atoms with Crippen LogP contribution in [0.5, 0.6) is 11.5 Å². The molecule has 4 rings (SSSR count). The van der Waals surface area contributed by atoms with Crippen molar-refractivity contribution < 1.29 is 10.2 Å². The molecule has 0 spiro atoms. The number of phenolic OH excluding ortho intramolecular Hbond substituents is 2. The van der Waals surface area contributed by atoms with E-state index in [0.29, 0.717) is 11.3 Å². The number of hydrogen-bond acceptors (Lipinski definition) is 2. The number of aromatic hydroxyl groups is 2. The van der Waals surface area contributed by atoms with Gasteiger partial charge in [0, 0.05) is 10.8 Å². The Morgan fingerprint density at radius 2 is 1.30 bits per heavy atom. The molecule has 4 aromatic rings. The Bertz CT molecular complexity index is 1060. The molecular weight excluding hydrogens is 284 g/mol. The van der Waals surface area contributed by atoms with Gasteiger partial charge in [-0.05, 0) is 45.2 Å². The Kier molecular flexibility index (Phi) is 2.95. The topological polar surface area (TPSA) is 40.5 Å². The highest BCUT2D eigenvalue weighted by Gasteiger charge is 2.13. The summed E-state index contributed by atoms with van der Waals surface area (Å²) in [4.78, 5) is 0. The lowest BCUT2D eigenvalue weighted by atomic mass is 9.91. The normalized spacial score (nSPS) is 11.8. The van der Waals surface area contributed by atoms with Crippen molar-refractivity contribution in [2.75, 3.05) is 0 Å². The zero-order valence-electron chi connectivity index (χ0n) is 13.2. The van der Waals surface area contributed by atoms with Gasteiger partial charge < -0.3 is 10.2 Å². The molecule has 0 heterocycles. The van der Waals surface area contributed by atoms with Crippen molar-refractivity contribution in [3.05, 3.63) is 60.2 Å². The van der Waals surface area contributed by atoms with Gasteiger partial charge in [-0.3, -0.25) is 0 Å². The maximum absolute atomic E-state index is 10.6. The van der Waals surface area contributed by atoms with Crippen LogP contribution in [0.1, 0.15) is 25.3 Å². The summed E-state index contributed by atoms with van der Waals surface area (Å²) < 4.78 is 0. The van der Waals surface area contributed by atoms with Crippen LogP contribution in [-0.4, -0.2) is 10.2 Å². The molecule has 23 heavy (non-hydrogen) atoms. The van der Waals surface area contributed by atoms with Gasteiger partial charge in [0.05, 0.1) is 0 Å². The summed E-state index contributed by atoms with van der Waals surface area (Å²) in [7, 11) is 0. The summed E-state index contributed by atoms with van der Waals surface area (Å²) in [5.74, 6) is 0.819. The van der Waals surface area contributed by atoms with Gasteiger partial charge in [0.1, 0.15) is 11.5 Å². The summed E-state index contributed by atoms with van der Waals surface area (Å²) in [6.07, 6.45) is 0. The van der Waals surface area contributed by atoms with Gasteiger partial charge in [0.15, 0.2) is 0 Å². The quantitative estimate of drug-likeness (QED) is 0.444. The number of benzene rings is 4. The largest absolute Gasteiger partial charge is 0.507 e. The fraction of sp³-hybridized carbons (Fsp3) is 0.143. The number of hydrogen-bond donors (Lipinski definition) is 2. The van der Waals surface area contributed by atoms with Crippen LogP contribution in [0.3, 0.4) is 0 Å². The molecule has 0 unspecified atom stereocenters. The van der Waals surface area contributed by atoms with E-state index in [9.17, 15) is 10.2 Å². The minimum absolute atomic E-state index is 0.190. The van der Waals surface area contributed by atoms with Crippen molar-refractivity contribution in [3.63, 3.8) is 0 Å². The van der Waals surface area contributed by atoms with Crippen LogP contribution in [0.2, 0.25) is 0 Å². The van der Waals surface area contributed by atoms with E-state index in [1.165, 1.54) is 10.9 Å². The number of fused-ring (bicyclic) bond motifs is 5. The third-order valence-electron chi connectivity index (χ3n) is 4.63. The van der Waals surface area contributed by atoms with Crippen LogP contribution >= 0.6 is 0 Å². The van der Waals surface area contributed by atoms with Crippen molar-refractivity contribution >= 4 is 32.3 Å². The Morgan fingerprint density at radius 3 is 2.09 bits per heavy atom. The minimum atomic E-state index is 0.190. The zero-order valence-corrected chi connectivity index (χ0v) is 13.2. The predicted octanol–water partition coefficient (Wildman–Crippen LogP) is 5.68. The van der Waals surface area contributed by atoms with Gasteiger partial charge in [0.25, 0.3) is 0 Å². The fourth-order valence-electron chi connectivity index (χ4n) is 3.53. The Labute approximate surface area is 134 Å². The predicted molar refractivity (Wildman–Crippen MR) is 96.4 cm³/mol. The van der Waals surface area contributed by atoms with Crippen LogP contribution in [0.15, 0.2) is 54.6 Å². The Hall–Kier alpha value is -2.74. The molecule has 0 aromatic heterocycles. The third kappa shape index (κ3) is 1.95. The van der Waals surface area contributed by atoms with E-state index in [0.717, 1.165) is 21.5 Å². The SMILES string of the molecule is CC(C)c1cccc2c1ccc1c3cccc(O)c3cc(O)c21. The molecule has 4 aromatic carbocycles. The van der Waals surface area contributed by atoms with Gasteiger partial charge in [0.2, 0.25) is 0 Å². The van der Waals surface area contributed by atoms with Gasteiger partial charge in [-0.15, -0.1) is 0 Å². The summed E-state index contributed by atoms with van der Waals surface area (Å²) in [5.41, 5.74) is 1.28. The second-order valence-electron chi connectivity index (χ2n) is 6.35. The molecule has 0 aliphatic carbocycles. The zero-order chi connectivity index (χ0) is 16.1. The second kappa shape index (κ2) is 4.88. The maximum Gasteiger partial charge on any atom is 0.124 e. The second-order valence-corrected chi connectivity index (χ2v) is 6.35. The van der Waals surface area contributed by atoms with Crippen molar-refractivity contribution in [2.24, 2.45) is 0 Å². The van der Waals surface area contributed by atoms with Crippen LogP contribution < -0.4 is 0 Å². The van der Waals surface area contributed by atoms with Gasteiger partial charge in [-0.1, -0.05) is 56.3 Å². The first kappa shape index (κ1) is 13.9. The summed E-state index contributed by atoms with van der Waals surface area (Å²) >= 11 is 0. The highest BCUT2D eigenvalue weighted by Crippen LogP contribution is 2.41. The van der Waals surface area contributed by atoms with Crippen molar-refractivity contribution in [1.29, 1.82) is 0 Å². The molecule has 2 heteroatoms. The molecule has 114 valence electrons. The van der Waals surface area contributed by atoms with E-state index in [4.69, 9.17) is 0 Å². The fourth-order valence-corrected chi connectivity index (χ4v) is 3.53. The molecule has 0 amide bonds. The molecule has 2 nitrogen and oxygen atoms in total. The average molecular weight is 302 g/mol. The summed E-state index contributed by atoms with van der Waals surface area (Å²) in [6.45, 7) is 4.36. The van der Waals surface area contributed by atoms with Crippen molar-refractivity contribution in [3.8, 4) is 11.5 Å². The molecule has 0 bridgehead atoms. The smallest absolute Gasteiger partial charge is 0.124 e. The lowest BCUT2D eigenvalue weighted by Crippen LogP contribution is -1.90. The molecule has 0 saturated heterocycles. The Balaban J connectivity index is 2.26. The van der Waals surface area contributed by atoms with E-state index >= 15 is 0 Å². The monoisotopic (exact) mass is 302 g/mol. The van der Waals surface area contributed by atoms with Gasteiger partial charge in [-0.25, -0.2) is 0 Å². The first-order valence-corrected chi connectivity index (χ1v) is 7.87. The van der Waals surface area contributed by atoms with E-state index in [-0.39, 0.29) is 11.5 Å². The molecule has 0 atom stereocenters. The van der Waals surface area contributed by atoms with Crippen LogP contribution in [-0.2, 0) is 0 Å². The standard InChI is InChI=1S/C21H18O2/c1-12(2)13-5-3-7-16-15(13)9-10-17-14-6-4-8-19(22)18(14)11-20(23)21(16)17/h3-12,22-23H,1-2H3. The first-order valence-electron chi connectivity index (χ1n) is 7.87. The number of phenols is 2. The average Bonchev–Trinajstić information content (AvgIpc) is 2.54. The van der Waals surface area contributed by atoms with Gasteiger partial charge >= 0.3 is 0 Å². The molecule has 0 aliphatic rings.